The van der Waals surface area contributed by atoms with Crippen LogP contribution in [0.3, 0.4) is 0 Å². The molecule has 2 aromatic rings. The van der Waals surface area contributed by atoms with E-state index >= 15 is 0 Å². The molecule has 0 saturated carbocycles. The fraction of sp³-hybridized carbons (Fsp3) is 0.0625. The number of methoxy groups -OCH3 is 1. The van der Waals surface area contributed by atoms with Crippen LogP contribution in [-0.4, -0.2) is 34.3 Å². The molecule has 0 aliphatic heterocycles. The number of rotatable bonds is 5. The molecule has 2 aromatic carbocycles. The van der Waals surface area contributed by atoms with Gasteiger partial charge in [-0.05, 0) is 0 Å². The Morgan fingerprint density at radius 3 is 2.32 bits per heavy atom. The second-order valence-corrected chi connectivity index (χ2v) is 7.13. The van der Waals surface area contributed by atoms with E-state index in [1.54, 1.807) is 7.11 Å². The van der Waals surface area contributed by atoms with Gasteiger partial charge in [0.2, 0.25) is 0 Å². The quantitative estimate of drug-likeness (QED) is 0.461. The van der Waals surface area contributed by atoms with Crippen LogP contribution in [0.25, 0.3) is 6.08 Å². The van der Waals surface area contributed by atoms with E-state index in [2.05, 4.69) is 12.1 Å². The van der Waals surface area contributed by atoms with Crippen molar-refractivity contribution in [2.75, 3.05) is 7.11 Å². The number of carbonyl (C=O) groups is 1. The Morgan fingerprint density at radius 2 is 1.74 bits per heavy atom. The Labute approximate surface area is 123 Å². The molecule has 96 valence electrons. The van der Waals surface area contributed by atoms with Crippen molar-refractivity contribution < 1.29 is 9.53 Å². The zero-order valence-corrected chi connectivity index (χ0v) is 12.9. The molecular formula is C16H14O2Te. The molecular weight excluding hydrogens is 352 g/mol. The van der Waals surface area contributed by atoms with Crippen molar-refractivity contribution in [3.63, 3.8) is 0 Å². The van der Waals surface area contributed by atoms with Crippen molar-refractivity contribution in [1.82, 2.24) is 0 Å². The van der Waals surface area contributed by atoms with Crippen LogP contribution in [0, 0.1) is 0 Å². The van der Waals surface area contributed by atoms with Crippen LogP contribution in [0.15, 0.2) is 58.2 Å². The summed E-state index contributed by atoms with van der Waals surface area (Å²) in [4.78, 5) is 11.2. The van der Waals surface area contributed by atoms with E-state index in [1.165, 1.54) is 3.61 Å². The molecule has 0 aliphatic carbocycles. The van der Waals surface area contributed by atoms with Crippen LogP contribution in [0.4, 0.5) is 0 Å². The molecule has 0 amide bonds. The molecule has 0 fully saturated rings. The third-order valence-electron chi connectivity index (χ3n) is 2.52. The van der Waals surface area contributed by atoms with Crippen LogP contribution in [0.2, 0.25) is 0 Å². The normalized spacial score (nSPS) is 11.1. The summed E-state index contributed by atoms with van der Waals surface area (Å²) in [6.07, 6.45) is 2.93. The van der Waals surface area contributed by atoms with Gasteiger partial charge in [-0.2, -0.15) is 0 Å². The standard InChI is InChI=1S/C16H14O2Te/c1-18-14-9-7-13(8-10-14)11-16(12-17)19-15-5-3-2-4-6-15/h2-12H,1H3/b16-11+. The topological polar surface area (TPSA) is 26.3 Å². The van der Waals surface area contributed by atoms with Crippen LogP contribution in [0.1, 0.15) is 5.56 Å². The molecule has 0 heterocycles. The van der Waals surface area contributed by atoms with Gasteiger partial charge >= 0.3 is 123 Å². The third-order valence-corrected chi connectivity index (χ3v) is 5.25. The van der Waals surface area contributed by atoms with E-state index in [0.29, 0.717) is 0 Å². The Bertz CT molecular complexity index is 559. The zero-order valence-electron chi connectivity index (χ0n) is 10.6. The zero-order chi connectivity index (χ0) is 13.5. The fourth-order valence-corrected chi connectivity index (χ4v) is 3.88. The van der Waals surface area contributed by atoms with Gasteiger partial charge in [0.1, 0.15) is 0 Å². The molecule has 0 aromatic heterocycles. The summed E-state index contributed by atoms with van der Waals surface area (Å²) < 4.78 is 7.27. The van der Waals surface area contributed by atoms with Crippen LogP contribution >= 0.6 is 0 Å². The van der Waals surface area contributed by atoms with E-state index in [4.69, 9.17) is 4.74 Å². The van der Waals surface area contributed by atoms with Crippen molar-refractivity contribution in [2.45, 2.75) is 0 Å². The summed E-state index contributed by atoms with van der Waals surface area (Å²) in [5.41, 5.74) is 1.03. The number of ether oxygens (including phenoxy) is 1. The predicted molar refractivity (Wildman–Crippen MR) is 78.9 cm³/mol. The summed E-state index contributed by atoms with van der Waals surface area (Å²) >= 11 is -0.608. The molecule has 2 nitrogen and oxygen atoms in total. The number of allylic oxidation sites excluding steroid dienone is 1. The monoisotopic (exact) mass is 368 g/mol. The van der Waals surface area contributed by atoms with Gasteiger partial charge in [0.05, 0.1) is 0 Å². The summed E-state index contributed by atoms with van der Waals surface area (Å²) in [7, 11) is 1.64. The van der Waals surface area contributed by atoms with Gasteiger partial charge in [-0.25, -0.2) is 0 Å². The number of benzene rings is 2. The van der Waals surface area contributed by atoms with E-state index in [0.717, 1.165) is 21.2 Å². The van der Waals surface area contributed by atoms with Gasteiger partial charge in [0.25, 0.3) is 0 Å². The Kier molecular flexibility index (Phi) is 5.20. The van der Waals surface area contributed by atoms with Crippen LogP contribution in [0.5, 0.6) is 5.75 Å². The van der Waals surface area contributed by atoms with Crippen molar-refractivity contribution in [2.24, 2.45) is 0 Å². The molecule has 0 N–H and O–H groups in total. The molecule has 0 saturated heterocycles. The van der Waals surface area contributed by atoms with E-state index in [9.17, 15) is 4.79 Å². The Hall–Kier alpha value is -1.56. The number of hydrogen-bond donors (Lipinski definition) is 0. The number of hydrogen-bond acceptors (Lipinski definition) is 2. The van der Waals surface area contributed by atoms with Crippen LogP contribution in [-0.2, 0) is 4.79 Å². The molecule has 0 aliphatic rings. The van der Waals surface area contributed by atoms with Crippen molar-refractivity contribution in [3.05, 3.63) is 63.8 Å². The fourth-order valence-electron chi connectivity index (χ4n) is 1.58. The van der Waals surface area contributed by atoms with Gasteiger partial charge in [-0.15, -0.1) is 0 Å². The molecule has 19 heavy (non-hydrogen) atoms. The minimum atomic E-state index is -0.608. The maximum absolute atomic E-state index is 11.2. The van der Waals surface area contributed by atoms with E-state index < -0.39 is 20.9 Å². The second-order valence-electron chi connectivity index (χ2n) is 3.85. The van der Waals surface area contributed by atoms with E-state index in [-0.39, 0.29) is 0 Å². The van der Waals surface area contributed by atoms with Gasteiger partial charge in [0, 0.05) is 0 Å². The first kappa shape index (κ1) is 13.9. The molecule has 0 radical (unpaired) electrons. The van der Waals surface area contributed by atoms with Gasteiger partial charge in [-0.1, -0.05) is 0 Å². The number of aldehydes is 1. The Morgan fingerprint density at radius 1 is 1.05 bits per heavy atom. The average molecular weight is 366 g/mol. The van der Waals surface area contributed by atoms with E-state index in [1.807, 2.05) is 48.5 Å². The molecule has 0 unspecified atom stereocenters. The summed E-state index contributed by atoms with van der Waals surface area (Å²) in [6, 6.07) is 17.9. The second kappa shape index (κ2) is 7.13. The first-order chi connectivity index (χ1) is 9.31. The summed E-state index contributed by atoms with van der Waals surface area (Å²) in [6.45, 7) is 0. The Balaban J connectivity index is 2.16. The molecule has 2 rings (SSSR count). The average Bonchev–Trinajstić information content (AvgIpc) is 2.48. The molecule has 0 bridgehead atoms. The molecule has 0 spiro atoms. The van der Waals surface area contributed by atoms with Crippen LogP contribution < -0.4 is 8.35 Å². The number of carbonyl (C=O) groups excluding carboxylic acids is 1. The third kappa shape index (κ3) is 4.24. The summed E-state index contributed by atoms with van der Waals surface area (Å²) in [5, 5.41) is 0. The first-order valence-electron chi connectivity index (χ1n) is 5.85. The van der Waals surface area contributed by atoms with Gasteiger partial charge in [-0.3, -0.25) is 0 Å². The minimum absolute atomic E-state index is 0.608. The van der Waals surface area contributed by atoms with Crippen molar-refractivity contribution in [1.29, 1.82) is 0 Å². The van der Waals surface area contributed by atoms with Gasteiger partial charge in [0.15, 0.2) is 0 Å². The van der Waals surface area contributed by atoms with Gasteiger partial charge < -0.3 is 0 Å². The SMILES string of the molecule is COc1ccc(/C=C(\C=O)[Te]c2ccccc2)cc1. The first-order valence-corrected chi connectivity index (χ1v) is 8.18. The van der Waals surface area contributed by atoms with Crippen molar-refractivity contribution in [3.8, 4) is 5.75 Å². The molecule has 3 heteroatoms. The van der Waals surface area contributed by atoms with Crippen molar-refractivity contribution >= 4 is 36.9 Å². The summed E-state index contributed by atoms with van der Waals surface area (Å²) in [5.74, 6) is 0.823. The predicted octanol–water partition coefficient (Wildman–Crippen LogP) is 2.26. The molecule has 0 atom stereocenters. The maximum atomic E-state index is 11.2.